The maximum Gasteiger partial charge on any atom is 0.179 e. The van der Waals surface area contributed by atoms with Crippen molar-refractivity contribution in [3.63, 3.8) is 0 Å². The van der Waals surface area contributed by atoms with Gasteiger partial charge in [-0.2, -0.15) is 0 Å². The number of rotatable bonds is 1. The summed E-state index contributed by atoms with van der Waals surface area (Å²) in [4.78, 5) is 0. The van der Waals surface area contributed by atoms with Gasteiger partial charge in [0.1, 0.15) is 0 Å². The molecule has 2 aromatic rings. The molecule has 0 aliphatic rings. The van der Waals surface area contributed by atoms with E-state index in [0.717, 1.165) is 20.8 Å². The van der Waals surface area contributed by atoms with E-state index in [1.807, 2.05) is 6.07 Å². The second-order valence-electron chi connectivity index (χ2n) is 2.49. The van der Waals surface area contributed by atoms with Crippen molar-refractivity contribution in [3.8, 4) is 0 Å². The monoisotopic (exact) mass is 287 g/mol. The predicted octanol–water partition coefficient (Wildman–Crippen LogP) is 3.89. The third kappa shape index (κ3) is 1.31. The quantitative estimate of drug-likeness (QED) is 0.726. The van der Waals surface area contributed by atoms with Crippen LogP contribution in [0.3, 0.4) is 0 Å². The van der Waals surface area contributed by atoms with E-state index in [4.69, 9.17) is 4.42 Å². The minimum atomic E-state index is 0.749. The van der Waals surface area contributed by atoms with Gasteiger partial charge in [-0.1, -0.05) is 22.0 Å². The molecule has 0 spiro atoms. The second-order valence-corrected chi connectivity index (χ2v) is 3.77. The summed E-state index contributed by atoms with van der Waals surface area (Å²) in [5.74, 6) is 0. The van der Waals surface area contributed by atoms with Crippen LogP contribution in [0.15, 0.2) is 27.3 Å². The largest absolute Gasteiger partial charge is 0.445 e. The number of fused-ring (bicyclic) bond motifs is 1. The second kappa shape index (κ2) is 3.23. The summed E-state index contributed by atoms with van der Waals surface area (Å²) in [6, 6.07) is 6.14. The molecule has 12 heavy (non-hydrogen) atoms. The van der Waals surface area contributed by atoms with Gasteiger partial charge in [0.05, 0.1) is 0 Å². The third-order valence-electron chi connectivity index (χ3n) is 1.70. The van der Waals surface area contributed by atoms with Gasteiger partial charge >= 0.3 is 0 Å². The average Bonchev–Trinajstić information content (AvgIpc) is 2.47. The lowest BCUT2D eigenvalue weighted by molar-refractivity contribution is 0.538. The highest BCUT2D eigenvalue weighted by molar-refractivity contribution is 9.10. The van der Waals surface area contributed by atoms with E-state index in [1.165, 1.54) is 5.56 Å². The summed E-state index contributed by atoms with van der Waals surface area (Å²) in [7, 11) is 0. The van der Waals surface area contributed by atoms with E-state index in [9.17, 15) is 0 Å². The molecule has 0 amide bonds. The third-order valence-corrected chi connectivity index (χ3v) is 2.94. The average molecular weight is 289 g/mol. The van der Waals surface area contributed by atoms with E-state index >= 15 is 0 Å². The number of hydrogen-bond donors (Lipinski definition) is 0. The van der Waals surface area contributed by atoms with Crippen molar-refractivity contribution >= 4 is 42.6 Å². The Balaban J connectivity index is 2.69. The molecular weight excluding hydrogens is 284 g/mol. The molecule has 0 saturated heterocycles. The van der Waals surface area contributed by atoms with Crippen LogP contribution in [0.25, 0.3) is 10.8 Å². The van der Waals surface area contributed by atoms with E-state index in [1.54, 1.807) is 0 Å². The fraction of sp³-hybridized carbons (Fsp3) is 0.111. The maximum absolute atomic E-state index is 5.09. The lowest BCUT2D eigenvalue weighted by Crippen LogP contribution is -1.74. The van der Waals surface area contributed by atoms with Gasteiger partial charge in [0.25, 0.3) is 0 Å². The molecule has 0 aliphatic carbocycles. The zero-order valence-electron chi connectivity index (χ0n) is 6.10. The van der Waals surface area contributed by atoms with Gasteiger partial charge in [0.2, 0.25) is 0 Å². The van der Waals surface area contributed by atoms with Gasteiger partial charge in [-0.25, -0.2) is 0 Å². The van der Waals surface area contributed by atoms with E-state index in [0.29, 0.717) is 0 Å². The summed E-state index contributed by atoms with van der Waals surface area (Å²) in [6.07, 6.45) is 2.82. The Morgan fingerprint density at radius 1 is 1.42 bits per heavy atom. The molecule has 0 unspecified atom stereocenters. The van der Waals surface area contributed by atoms with E-state index in [-0.39, 0.29) is 0 Å². The summed E-state index contributed by atoms with van der Waals surface area (Å²) < 4.78 is 5.84. The Hall–Kier alpha value is -0.280. The van der Waals surface area contributed by atoms with E-state index < -0.39 is 0 Å². The SMILES string of the molecule is BrCc1ccc2c(Br)o[c]c2c1. The molecule has 0 atom stereocenters. The Bertz CT molecular complexity index is 406. The highest BCUT2D eigenvalue weighted by Crippen LogP contribution is 2.26. The van der Waals surface area contributed by atoms with E-state index in [2.05, 4.69) is 50.3 Å². The van der Waals surface area contributed by atoms with Crippen molar-refractivity contribution in [2.75, 3.05) is 0 Å². The summed E-state index contributed by atoms with van der Waals surface area (Å²) >= 11 is 6.70. The summed E-state index contributed by atoms with van der Waals surface area (Å²) in [5.41, 5.74) is 1.23. The smallest absolute Gasteiger partial charge is 0.179 e. The maximum atomic E-state index is 5.09. The van der Waals surface area contributed by atoms with Crippen LogP contribution < -0.4 is 0 Å². The minimum absolute atomic E-state index is 0.749. The van der Waals surface area contributed by atoms with Crippen LogP contribution in [0, 0.1) is 6.26 Å². The first-order valence-corrected chi connectivity index (χ1v) is 5.37. The molecule has 0 bridgehead atoms. The standard InChI is InChI=1S/C9H5Br2O/c10-4-6-1-2-8-7(3-6)5-12-9(8)11/h1-3H,4H2. The molecule has 61 valence electrons. The van der Waals surface area contributed by atoms with Crippen molar-refractivity contribution in [3.05, 3.63) is 34.7 Å². The predicted molar refractivity (Wildman–Crippen MR) is 55.4 cm³/mol. The van der Waals surface area contributed by atoms with Crippen LogP contribution in [0.2, 0.25) is 0 Å². The number of benzene rings is 1. The highest BCUT2D eigenvalue weighted by Gasteiger charge is 2.03. The molecule has 0 N–H and O–H groups in total. The first-order chi connectivity index (χ1) is 5.81. The van der Waals surface area contributed by atoms with Crippen LogP contribution >= 0.6 is 31.9 Å². The van der Waals surface area contributed by atoms with Crippen LogP contribution in [-0.4, -0.2) is 0 Å². The van der Waals surface area contributed by atoms with Gasteiger partial charge < -0.3 is 4.42 Å². The normalized spacial score (nSPS) is 10.8. The Morgan fingerprint density at radius 2 is 2.25 bits per heavy atom. The Labute approximate surface area is 87.0 Å². The molecule has 1 nitrogen and oxygen atoms in total. The van der Waals surface area contributed by atoms with Crippen molar-refractivity contribution in [1.29, 1.82) is 0 Å². The molecule has 1 aromatic carbocycles. The molecule has 1 radical (unpaired) electrons. The van der Waals surface area contributed by atoms with Gasteiger partial charge in [-0.15, -0.1) is 0 Å². The van der Waals surface area contributed by atoms with Gasteiger partial charge in [0.15, 0.2) is 10.9 Å². The Kier molecular flexibility index (Phi) is 2.24. The van der Waals surface area contributed by atoms with Crippen molar-refractivity contribution in [1.82, 2.24) is 0 Å². The summed E-state index contributed by atoms with van der Waals surface area (Å²) in [5, 5.41) is 2.94. The molecule has 3 heteroatoms. The zero-order valence-corrected chi connectivity index (χ0v) is 9.28. The first kappa shape index (κ1) is 8.32. The highest BCUT2D eigenvalue weighted by atomic mass is 79.9. The molecular formula is C9H5Br2O. The van der Waals surface area contributed by atoms with Crippen LogP contribution in [0.4, 0.5) is 0 Å². The number of halogens is 2. The lowest BCUT2D eigenvalue weighted by atomic mass is 10.1. The number of furan rings is 1. The molecule has 0 aliphatic heterocycles. The van der Waals surface area contributed by atoms with Gasteiger partial charge in [-0.3, -0.25) is 0 Å². The van der Waals surface area contributed by atoms with Crippen LogP contribution in [-0.2, 0) is 5.33 Å². The van der Waals surface area contributed by atoms with Crippen molar-refractivity contribution < 1.29 is 4.42 Å². The number of alkyl halides is 1. The molecule has 0 fully saturated rings. The first-order valence-electron chi connectivity index (χ1n) is 3.46. The molecule has 1 heterocycles. The zero-order chi connectivity index (χ0) is 8.55. The van der Waals surface area contributed by atoms with Gasteiger partial charge in [-0.05, 0) is 33.6 Å². The van der Waals surface area contributed by atoms with Crippen molar-refractivity contribution in [2.24, 2.45) is 0 Å². The lowest BCUT2D eigenvalue weighted by Gasteiger charge is -1.93. The summed E-state index contributed by atoms with van der Waals surface area (Å²) in [6.45, 7) is 0. The van der Waals surface area contributed by atoms with Crippen LogP contribution in [0.5, 0.6) is 0 Å². The van der Waals surface area contributed by atoms with Gasteiger partial charge in [0, 0.05) is 16.1 Å². The number of hydrogen-bond acceptors (Lipinski definition) is 1. The fourth-order valence-electron chi connectivity index (χ4n) is 1.09. The molecule has 1 aromatic heterocycles. The molecule has 0 saturated carbocycles. The van der Waals surface area contributed by atoms with Crippen LogP contribution in [0.1, 0.15) is 5.56 Å². The topological polar surface area (TPSA) is 13.1 Å². The van der Waals surface area contributed by atoms with Crippen molar-refractivity contribution in [2.45, 2.75) is 5.33 Å². The Morgan fingerprint density at radius 3 is 3.00 bits per heavy atom. The minimum Gasteiger partial charge on any atom is -0.445 e. The fourth-order valence-corrected chi connectivity index (χ4v) is 1.86. The molecule has 2 rings (SSSR count).